The summed E-state index contributed by atoms with van der Waals surface area (Å²) in [4.78, 5) is 16.9. The third-order valence-electron chi connectivity index (χ3n) is 7.42. The molecular weight excluding hydrogens is 460 g/mol. The number of nitrogens with zero attached hydrogens (tertiary/aromatic N) is 2. The smallest absolute Gasteiger partial charge is 0.321 e. The highest BCUT2D eigenvalue weighted by atomic mass is 19.3. The molecule has 2 amide bonds. The van der Waals surface area contributed by atoms with Crippen LogP contribution in [0.2, 0.25) is 0 Å². The molecule has 2 aromatic rings. The maximum atomic E-state index is 14.6. The first-order valence-electron chi connectivity index (χ1n) is 11.9. The molecule has 1 unspecified atom stereocenters. The van der Waals surface area contributed by atoms with Gasteiger partial charge in [-0.05, 0) is 67.0 Å². The largest absolute Gasteiger partial charge is 0.393 e. The zero-order chi connectivity index (χ0) is 25.2. The Morgan fingerprint density at radius 2 is 1.80 bits per heavy atom. The molecule has 188 valence electrons. The highest BCUT2D eigenvalue weighted by Crippen LogP contribution is 2.42. The van der Waals surface area contributed by atoms with E-state index >= 15 is 0 Å². The van der Waals surface area contributed by atoms with Crippen LogP contribution >= 0.6 is 0 Å². The molecule has 8 heteroatoms. The molecular formula is C27H30F4N2O2. The summed E-state index contributed by atoms with van der Waals surface area (Å²) in [5.74, 6) is -1.26. The maximum absolute atomic E-state index is 14.6. The number of hydrogen-bond donors (Lipinski definition) is 1. The number of carbonyl (C=O) groups excluding carboxylic acids is 1. The summed E-state index contributed by atoms with van der Waals surface area (Å²) in [6.07, 6.45) is 1.66. The molecule has 1 N–H and O–H groups in total. The van der Waals surface area contributed by atoms with Crippen LogP contribution in [0.15, 0.2) is 54.6 Å². The minimum atomic E-state index is -2.33. The van der Waals surface area contributed by atoms with E-state index in [0.29, 0.717) is 36.8 Å². The number of halogens is 4. The van der Waals surface area contributed by atoms with Crippen LogP contribution in [0, 0.1) is 17.6 Å². The van der Waals surface area contributed by atoms with E-state index in [4.69, 9.17) is 0 Å². The number of carbonyl (C=O) groups is 1. The minimum absolute atomic E-state index is 0.0142. The fourth-order valence-corrected chi connectivity index (χ4v) is 5.42. The highest BCUT2D eigenvalue weighted by Gasteiger charge is 2.46. The van der Waals surface area contributed by atoms with Crippen LogP contribution in [0.4, 0.5) is 22.4 Å². The van der Waals surface area contributed by atoms with Crippen molar-refractivity contribution in [3.05, 3.63) is 77.4 Å². The molecule has 0 bridgehead atoms. The van der Waals surface area contributed by atoms with Crippen molar-refractivity contribution in [1.29, 1.82) is 0 Å². The molecule has 35 heavy (non-hydrogen) atoms. The Morgan fingerprint density at radius 3 is 2.43 bits per heavy atom. The molecule has 2 aliphatic rings. The van der Waals surface area contributed by atoms with Gasteiger partial charge in [0.1, 0.15) is 17.2 Å². The Hall–Kier alpha value is -2.87. The lowest BCUT2D eigenvalue weighted by molar-refractivity contribution is 0.0649. The van der Waals surface area contributed by atoms with Gasteiger partial charge in [0.15, 0.2) is 0 Å². The van der Waals surface area contributed by atoms with Gasteiger partial charge in [0.2, 0.25) is 6.43 Å². The van der Waals surface area contributed by atoms with Crippen LogP contribution in [-0.2, 0) is 5.54 Å². The second-order valence-corrected chi connectivity index (χ2v) is 9.52. The number of rotatable bonds is 6. The molecule has 1 aliphatic heterocycles. The Labute approximate surface area is 202 Å². The van der Waals surface area contributed by atoms with E-state index in [1.54, 1.807) is 42.3 Å². The molecule has 1 heterocycles. The van der Waals surface area contributed by atoms with Gasteiger partial charge in [-0.25, -0.2) is 22.4 Å². The molecule has 1 atom stereocenters. The van der Waals surface area contributed by atoms with Gasteiger partial charge in [0.05, 0.1) is 6.61 Å². The first kappa shape index (κ1) is 25.2. The summed E-state index contributed by atoms with van der Waals surface area (Å²) in [7, 11) is 1.67. The second kappa shape index (κ2) is 10.4. The number of urea groups is 1. The van der Waals surface area contributed by atoms with E-state index in [1.165, 1.54) is 4.90 Å². The van der Waals surface area contributed by atoms with Gasteiger partial charge in [0.25, 0.3) is 0 Å². The average Bonchev–Trinajstić information content (AvgIpc) is 3.26. The fourth-order valence-electron chi connectivity index (χ4n) is 5.42. The molecule has 0 saturated heterocycles. The lowest BCUT2D eigenvalue weighted by Gasteiger charge is -2.42. The van der Waals surface area contributed by atoms with E-state index in [2.05, 4.69) is 0 Å². The van der Waals surface area contributed by atoms with Crippen molar-refractivity contribution in [1.82, 2.24) is 9.80 Å². The van der Waals surface area contributed by atoms with Crippen molar-refractivity contribution < 1.29 is 27.5 Å². The molecule has 1 fully saturated rings. The lowest BCUT2D eigenvalue weighted by atomic mass is 9.83. The molecule has 4 nitrogen and oxygen atoms in total. The van der Waals surface area contributed by atoms with Gasteiger partial charge in [0, 0.05) is 31.6 Å². The molecule has 1 aliphatic carbocycles. The van der Waals surface area contributed by atoms with E-state index in [1.807, 2.05) is 6.07 Å². The fraction of sp³-hybridized carbons (Fsp3) is 0.444. The molecule has 0 radical (unpaired) electrons. The summed E-state index contributed by atoms with van der Waals surface area (Å²) >= 11 is 0. The van der Waals surface area contributed by atoms with Gasteiger partial charge in [-0.2, -0.15) is 0 Å². The Balaban J connectivity index is 1.64. The second-order valence-electron chi connectivity index (χ2n) is 9.52. The van der Waals surface area contributed by atoms with Crippen LogP contribution in [0.5, 0.6) is 0 Å². The molecule has 4 rings (SSSR count). The van der Waals surface area contributed by atoms with Crippen molar-refractivity contribution >= 4 is 11.6 Å². The van der Waals surface area contributed by atoms with Crippen LogP contribution in [-0.4, -0.2) is 53.6 Å². The Morgan fingerprint density at radius 1 is 1.11 bits per heavy atom. The number of benzene rings is 2. The van der Waals surface area contributed by atoms with E-state index in [9.17, 15) is 27.5 Å². The van der Waals surface area contributed by atoms with Gasteiger partial charge >= 0.3 is 6.03 Å². The van der Waals surface area contributed by atoms with Crippen LogP contribution in [0.25, 0.3) is 5.57 Å². The summed E-state index contributed by atoms with van der Waals surface area (Å²) in [6.45, 7) is -0.460. The predicted octanol–water partition coefficient (Wildman–Crippen LogP) is 5.82. The molecule has 0 aromatic heterocycles. The molecule has 1 saturated carbocycles. The molecule has 2 aromatic carbocycles. The van der Waals surface area contributed by atoms with Crippen molar-refractivity contribution in [3.8, 4) is 0 Å². The lowest BCUT2D eigenvalue weighted by Crippen LogP contribution is -2.54. The zero-order valence-corrected chi connectivity index (χ0v) is 19.6. The van der Waals surface area contributed by atoms with E-state index in [-0.39, 0.29) is 36.5 Å². The quantitative estimate of drug-likeness (QED) is 0.519. The summed E-state index contributed by atoms with van der Waals surface area (Å²) in [6, 6.07) is 11.7. The van der Waals surface area contributed by atoms with Gasteiger partial charge in [-0.15, -0.1) is 0 Å². The number of aliphatic hydroxyl groups is 1. The normalized spacial score (nSPS) is 24.5. The van der Waals surface area contributed by atoms with Crippen LogP contribution in [0.1, 0.15) is 43.2 Å². The monoisotopic (exact) mass is 490 g/mol. The number of amides is 2. The number of hydrogen-bond acceptors (Lipinski definition) is 2. The summed E-state index contributed by atoms with van der Waals surface area (Å²) < 4.78 is 54.1. The average molecular weight is 491 g/mol. The SMILES string of the molecule is CN(C(=O)N1CC(c2cc(F)ccc2F)=CC1(CO)c1ccccc1)C1CCC(CC(F)F)CC1. The summed E-state index contributed by atoms with van der Waals surface area (Å²) in [5, 5.41) is 10.6. The predicted molar refractivity (Wildman–Crippen MR) is 126 cm³/mol. The van der Waals surface area contributed by atoms with Crippen molar-refractivity contribution in [2.45, 2.75) is 50.1 Å². The van der Waals surface area contributed by atoms with Crippen LogP contribution in [0.3, 0.4) is 0 Å². The van der Waals surface area contributed by atoms with Crippen molar-refractivity contribution in [2.75, 3.05) is 20.2 Å². The minimum Gasteiger partial charge on any atom is -0.393 e. The Kier molecular flexibility index (Phi) is 7.50. The van der Waals surface area contributed by atoms with E-state index in [0.717, 1.165) is 18.2 Å². The maximum Gasteiger partial charge on any atom is 0.321 e. The zero-order valence-electron chi connectivity index (χ0n) is 19.6. The van der Waals surface area contributed by atoms with Crippen molar-refractivity contribution in [2.24, 2.45) is 5.92 Å². The van der Waals surface area contributed by atoms with E-state index < -0.39 is 30.2 Å². The summed E-state index contributed by atoms with van der Waals surface area (Å²) in [5.41, 5.74) is -0.156. The molecule has 0 spiro atoms. The topological polar surface area (TPSA) is 43.8 Å². The number of alkyl halides is 2. The van der Waals surface area contributed by atoms with Gasteiger partial charge in [-0.1, -0.05) is 30.3 Å². The standard InChI is InChI=1S/C27H30F4N2O2/c1-32(22-10-7-18(8-11-22)13-25(30)31)26(35)33-16-19(23-14-21(28)9-12-24(23)29)15-27(33,17-34)20-5-3-2-4-6-20/h2-6,9,12,14-15,18,22,25,34H,7-8,10-11,13,16-17H2,1H3. The Bertz CT molecular complexity index is 1070. The third-order valence-corrected chi connectivity index (χ3v) is 7.42. The third kappa shape index (κ3) is 5.08. The van der Waals surface area contributed by atoms with Crippen molar-refractivity contribution in [3.63, 3.8) is 0 Å². The first-order valence-corrected chi connectivity index (χ1v) is 11.9. The van der Waals surface area contributed by atoms with Gasteiger partial charge < -0.3 is 14.9 Å². The highest BCUT2D eigenvalue weighted by molar-refractivity contribution is 5.83. The van der Waals surface area contributed by atoms with Gasteiger partial charge in [-0.3, -0.25) is 0 Å². The number of aliphatic hydroxyl groups excluding tert-OH is 1. The first-order chi connectivity index (χ1) is 16.7. The van der Waals surface area contributed by atoms with Crippen LogP contribution < -0.4 is 0 Å².